The number of nitrogens with one attached hydrogen (secondary N) is 1. The van der Waals surface area contributed by atoms with Gasteiger partial charge in [-0.2, -0.15) is 0 Å². The monoisotopic (exact) mass is 417 g/mol. The highest BCUT2D eigenvalue weighted by Crippen LogP contribution is 2.31. The van der Waals surface area contributed by atoms with E-state index in [1.165, 1.54) is 0 Å². The van der Waals surface area contributed by atoms with E-state index in [4.69, 9.17) is 11.6 Å². The van der Waals surface area contributed by atoms with Crippen molar-refractivity contribution < 1.29 is 8.42 Å². The molecule has 1 N–H and O–H groups in total. The zero-order chi connectivity index (χ0) is 19.3. The van der Waals surface area contributed by atoms with Gasteiger partial charge in [0, 0.05) is 15.7 Å². The highest BCUT2D eigenvalue weighted by atomic mass is 35.5. The lowest BCUT2D eigenvalue weighted by Crippen LogP contribution is -2.16. The molecular formula is C21H20ClNO2S2. The van der Waals surface area contributed by atoms with Crippen LogP contribution in [0.1, 0.15) is 16.7 Å². The van der Waals surface area contributed by atoms with Gasteiger partial charge < -0.3 is 0 Å². The third kappa shape index (κ3) is 5.76. The smallest absolute Gasteiger partial charge is 0.236 e. The molecule has 140 valence electrons. The summed E-state index contributed by atoms with van der Waals surface area (Å²) >= 11 is 7.51. The topological polar surface area (TPSA) is 46.2 Å². The number of hydrogen-bond donors (Lipinski definition) is 1. The van der Waals surface area contributed by atoms with Crippen molar-refractivity contribution in [3.05, 3.63) is 94.5 Å². The van der Waals surface area contributed by atoms with Gasteiger partial charge in [-0.25, -0.2) is 8.42 Å². The second kappa shape index (κ2) is 8.83. The van der Waals surface area contributed by atoms with Crippen molar-refractivity contribution in [1.82, 2.24) is 0 Å². The Morgan fingerprint density at radius 2 is 1.59 bits per heavy atom. The molecule has 3 rings (SSSR count). The molecule has 0 aliphatic rings. The van der Waals surface area contributed by atoms with E-state index in [-0.39, 0.29) is 5.75 Å². The van der Waals surface area contributed by atoms with Crippen LogP contribution in [0.2, 0.25) is 5.02 Å². The maximum Gasteiger partial charge on any atom is 0.236 e. The summed E-state index contributed by atoms with van der Waals surface area (Å²) in [5.74, 6) is 0.684. The second-order valence-corrected chi connectivity index (χ2v) is 9.37. The highest BCUT2D eigenvalue weighted by Gasteiger charge is 2.15. The minimum Gasteiger partial charge on any atom is -0.282 e. The van der Waals surface area contributed by atoms with Crippen LogP contribution < -0.4 is 4.72 Å². The predicted octanol–water partition coefficient (Wildman–Crippen LogP) is 5.88. The summed E-state index contributed by atoms with van der Waals surface area (Å²) < 4.78 is 28.0. The van der Waals surface area contributed by atoms with Gasteiger partial charge in [0.1, 0.15) is 0 Å². The van der Waals surface area contributed by atoms with E-state index in [1.54, 1.807) is 17.8 Å². The quantitative estimate of drug-likeness (QED) is 0.488. The van der Waals surface area contributed by atoms with Crippen molar-refractivity contribution in [1.29, 1.82) is 0 Å². The third-order valence-corrected chi connectivity index (χ3v) is 6.69. The van der Waals surface area contributed by atoms with E-state index in [0.717, 1.165) is 27.3 Å². The van der Waals surface area contributed by atoms with E-state index in [0.29, 0.717) is 10.7 Å². The lowest BCUT2D eigenvalue weighted by atomic mass is 10.1. The van der Waals surface area contributed by atoms with E-state index in [1.807, 2.05) is 73.7 Å². The Morgan fingerprint density at radius 1 is 0.926 bits per heavy atom. The molecule has 0 bridgehead atoms. The zero-order valence-corrected chi connectivity index (χ0v) is 17.2. The highest BCUT2D eigenvalue weighted by molar-refractivity contribution is 7.98. The minimum atomic E-state index is -3.50. The summed E-state index contributed by atoms with van der Waals surface area (Å²) in [6.07, 6.45) is 0. The van der Waals surface area contributed by atoms with E-state index < -0.39 is 10.0 Å². The molecule has 0 atom stereocenters. The molecular weight excluding hydrogens is 398 g/mol. The van der Waals surface area contributed by atoms with Gasteiger partial charge in [0.15, 0.2) is 0 Å². The van der Waals surface area contributed by atoms with Crippen molar-refractivity contribution in [2.24, 2.45) is 0 Å². The SMILES string of the molecule is Cc1ccccc1CS(=O)(=O)Nc1ccccc1SCc1ccc(Cl)cc1. The number of hydrogen-bond acceptors (Lipinski definition) is 3. The lowest BCUT2D eigenvalue weighted by Gasteiger charge is -2.13. The van der Waals surface area contributed by atoms with Gasteiger partial charge in [0.05, 0.1) is 11.4 Å². The molecule has 0 aliphatic carbocycles. The van der Waals surface area contributed by atoms with Gasteiger partial charge in [-0.05, 0) is 47.9 Å². The van der Waals surface area contributed by atoms with Crippen molar-refractivity contribution in [3.8, 4) is 0 Å². The van der Waals surface area contributed by atoms with Crippen molar-refractivity contribution in [3.63, 3.8) is 0 Å². The van der Waals surface area contributed by atoms with Crippen LogP contribution in [0.4, 0.5) is 5.69 Å². The first-order valence-corrected chi connectivity index (χ1v) is 11.5. The standard InChI is InChI=1S/C21H20ClNO2S2/c1-16-6-2-3-7-18(16)15-27(24,25)23-20-8-4-5-9-21(20)26-14-17-10-12-19(22)13-11-17/h2-13,23H,14-15H2,1H3. The molecule has 0 radical (unpaired) electrons. The minimum absolute atomic E-state index is 0.0458. The first-order valence-electron chi connectivity index (χ1n) is 8.44. The van der Waals surface area contributed by atoms with Crippen molar-refractivity contribution in [2.45, 2.75) is 23.3 Å². The van der Waals surface area contributed by atoms with E-state index in [9.17, 15) is 8.42 Å². The maximum absolute atomic E-state index is 12.7. The molecule has 0 saturated carbocycles. The summed E-state index contributed by atoms with van der Waals surface area (Å²) in [5.41, 5.74) is 3.50. The molecule has 27 heavy (non-hydrogen) atoms. The Kier molecular flexibility index (Phi) is 6.47. The molecule has 0 aromatic heterocycles. The Bertz CT molecular complexity index is 1020. The normalized spacial score (nSPS) is 11.3. The van der Waals surface area contributed by atoms with Gasteiger partial charge in [0.25, 0.3) is 0 Å². The van der Waals surface area contributed by atoms with Gasteiger partial charge in [-0.3, -0.25) is 4.72 Å². The molecule has 0 unspecified atom stereocenters. The van der Waals surface area contributed by atoms with Crippen LogP contribution in [0.5, 0.6) is 0 Å². The number of benzene rings is 3. The van der Waals surface area contributed by atoms with Gasteiger partial charge in [-0.15, -0.1) is 11.8 Å². The Balaban J connectivity index is 1.73. The summed E-state index contributed by atoms with van der Waals surface area (Å²) in [6, 6.07) is 22.6. The third-order valence-electron chi connectivity index (χ3n) is 4.07. The first-order chi connectivity index (χ1) is 12.9. The summed E-state index contributed by atoms with van der Waals surface area (Å²) in [5, 5.41) is 0.702. The van der Waals surface area contributed by atoms with Crippen LogP contribution in [0.15, 0.2) is 77.7 Å². The van der Waals surface area contributed by atoms with Crippen LogP contribution >= 0.6 is 23.4 Å². The van der Waals surface area contributed by atoms with Crippen molar-refractivity contribution >= 4 is 39.1 Å². The van der Waals surface area contributed by atoms with Crippen LogP contribution in [0.3, 0.4) is 0 Å². The van der Waals surface area contributed by atoms with E-state index >= 15 is 0 Å². The fraction of sp³-hybridized carbons (Fsp3) is 0.143. The van der Waals surface area contributed by atoms with Crippen LogP contribution in [-0.2, 0) is 21.5 Å². The maximum atomic E-state index is 12.7. The molecule has 3 aromatic rings. The first kappa shape index (κ1) is 19.8. The van der Waals surface area contributed by atoms with Crippen LogP contribution in [0.25, 0.3) is 0 Å². The molecule has 0 aliphatic heterocycles. The largest absolute Gasteiger partial charge is 0.282 e. The molecule has 0 fully saturated rings. The number of aryl methyl sites for hydroxylation is 1. The average molecular weight is 418 g/mol. The molecule has 3 nitrogen and oxygen atoms in total. The van der Waals surface area contributed by atoms with Crippen LogP contribution in [-0.4, -0.2) is 8.42 Å². The number of thioether (sulfide) groups is 1. The van der Waals surface area contributed by atoms with Gasteiger partial charge in [-0.1, -0.05) is 60.1 Å². The van der Waals surface area contributed by atoms with Crippen LogP contribution in [0, 0.1) is 6.92 Å². The number of rotatable bonds is 7. The number of sulfonamides is 1. The second-order valence-electron chi connectivity index (χ2n) is 6.20. The summed E-state index contributed by atoms with van der Waals surface area (Å²) in [4.78, 5) is 0.890. The molecule has 0 heterocycles. The Labute approximate surface area is 169 Å². The predicted molar refractivity (Wildman–Crippen MR) is 115 cm³/mol. The average Bonchev–Trinajstić information content (AvgIpc) is 2.64. The zero-order valence-electron chi connectivity index (χ0n) is 14.9. The Morgan fingerprint density at radius 3 is 2.33 bits per heavy atom. The van der Waals surface area contributed by atoms with E-state index in [2.05, 4.69) is 4.72 Å². The van der Waals surface area contributed by atoms with Gasteiger partial charge in [0.2, 0.25) is 10.0 Å². The molecule has 0 amide bonds. The summed E-state index contributed by atoms with van der Waals surface area (Å²) in [7, 11) is -3.50. The lowest BCUT2D eigenvalue weighted by molar-refractivity contribution is 0.600. The number of para-hydroxylation sites is 1. The Hall–Kier alpha value is -1.95. The fourth-order valence-electron chi connectivity index (χ4n) is 2.60. The molecule has 0 spiro atoms. The molecule has 6 heteroatoms. The van der Waals surface area contributed by atoms with Crippen molar-refractivity contribution in [2.75, 3.05) is 4.72 Å². The van der Waals surface area contributed by atoms with Gasteiger partial charge >= 0.3 is 0 Å². The molecule has 0 saturated heterocycles. The number of anilines is 1. The summed E-state index contributed by atoms with van der Waals surface area (Å²) in [6.45, 7) is 1.92. The number of halogens is 1. The fourth-order valence-corrected chi connectivity index (χ4v) is 5.07. The molecule has 3 aromatic carbocycles.